The Kier molecular flexibility index (Phi) is 6.84. The molecule has 0 aliphatic heterocycles. The maximum Gasteiger partial charge on any atom is 0.119 e. The lowest BCUT2D eigenvalue weighted by molar-refractivity contribution is 0.305. The van der Waals surface area contributed by atoms with Gasteiger partial charge in [0.15, 0.2) is 0 Å². The predicted octanol–water partition coefficient (Wildman–Crippen LogP) is 7.79. The van der Waals surface area contributed by atoms with Crippen molar-refractivity contribution in [3.05, 3.63) is 130 Å². The van der Waals surface area contributed by atoms with Gasteiger partial charge in [-0.1, -0.05) is 86.6 Å². The van der Waals surface area contributed by atoms with E-state index in [1.54, 1.807) is 0 Å². The minimum absolute atomic E-state index is 0.122. The fourth-order valence-electron chi connectivity index (χ4n) is 3.97. The molecule has 4 aromatic rings. The highest BCUT2D eigenvalue weighted by Crippen LogP contribution is 2.33. The number of hydrogen-bond donors (Lipinski definition) is 0. The van der Waals surface area contributed by atoms with Gasteiger partial charge >= 0.3 is 0 Å². The Morgan fingerprint density at radius 1 is 0.515 bits per heavy atom. The normalized spacial score (nSPS) is 11.3. The number of benzene rings is 4. The maximum absolute atomic E-state index is 6.02. The third-order valence-corrected chi connectivity index (χ3v) is 6.46. The average Bonchev–Trinajstić information content (AvgIpc) is 2.83. The molecule has 168 valence electrons. The van der Waals surface area contributed by atoms with Crippen LogP contribution < -0.4 is 9.47 Å². The zero-order valence-corrected chi connectivity index (χ0v) is 20.0. The molecule has 0 aliphatic rings. The fourth-order valence-corrected chi connectivity index (χ4v) is 3.97. The first-order valence-electron chi connectivity index (χ1n) is 11.5. The van der Waals surface area contributed by atoms with E-state index >= 15 is 0 Å². The smallest absolute Gasteiger partial charge is 0.119 e. The highest BCUT2D eigenvalue weighted by atomic mass is 16.5. The Bertz CT molecular complexity index is 1090. The topological polar surface area (TPSA) is 18.5 Å². The molecule has 0 spiro atoms. The van der Waals surface area contributed by atoms with Crippen LogP contribution in [0.5, 0.6) is 11.5 Å². The van der Waals surface area contributed by atoms with Gasteiger partial charge in [-0.25, -0.2) is 0 Å². The van der Waals surface area contributed by atoms with E-state index in [0.29, 0.717) is 13.2 Å². The van der Waals surface area contributed by atoms with Crippen molar-refractivity contribution in [1.82, 2.24) is 0 Å². The van der Waals surface area contributed by atoms with Crippen molar-refractivity contribution in [2.45, 2.75) is 46.3 Å². The minimum atomic E-state index is -0.122. The monoisotopic (exact) mass is 436 g/mol. The summed E-state index contributed by atoms with van der Waals surface area (Å²) in [5.41, 5.74) is 7.31. The first-order valence-corrected chi connectivity index (χ1v) is 11.5. The molecule has 0 unspecified atom stereocenters. The molecular formula is C31H32O2. The first-order chi connectivity index (χ1) is 15.9. The average molecular weight is 437 g/mol. The highest BCUT2D eigenvalue weighted by molar-refractivity contribution is 5.42. The molecule has 4 rings (SSSR count). The van der Waals surface area contributed by atoms with Gasteiger partial charge in [0.2, 0.25) is 0 Å². The van der Waals surface area contributed by atoms with Gasteiger partial charge in [0, 0.05) is 5.41 Å². The van der Waals surface area contributed by atoms with Crippen LogP contribution in [0.1, 0.15) is 47.2 Å². The second kappa shape index (κ2) is 9.95. The molecule has 0 radical (unpaired) electrons. The van der Waals surface area contributed by atoms with Gasteiger partial charge in [-0.3, -0.25) is 0 Å². The quantitative estimate of drug-likeness (QED) is 0.281. The van der Waals surface area contributed by atoms with Crippen molar-refractivity contribution in [1.29, 1.82) is 0 Å². The molecule has 0 saturated heterocycles. The van der Waals surface area contributed by atoms with Crippen LogP contribution in [-0.2, 0) is 18.6 Å². The van der Waals surface area contributed by atoms with E-state index in [1.165, 1.54) is 33.4 Å². The molecule has 0 aromatic heterocycles. The van der Waals surface area contributed by atoms with Crippen molar-refractivity contribution in [3.63, 3.8) is 0 Å². The van der Waals surface area contributed by atoms with E-state index in [4.69, 9.17) is 9.47 Å². The summed E-state index contributed by atoms with van der Waals surface area (Å²) in [6.07, 6.45) is 0. The van der Waals surface area contributed by atoms with Crippen LogP contribution in [0.4, 0.5) is 0 Å². The van der Waals surface area contributed by atoms with E-state index in [2.05, 4.69) is 125 Å². The highest BCUT2D eigenvalue weighted by Gasteiger charge is 2.23. The molecule has 4 aromatic carbocycles. The van der Waals surface area contributed by atoms with Gasteiger partial charge in [-0.2, -0.15) is 0 Å². The van der Waals surface area contributed by atoms with E-state index in [9.17, 15) is 0 Å². The lowest BCUT2D eigenvalue weighted by Crippen LogP contribution is -2.18. The van der Waals surface area contributed by atoms with Crippen molar-refractivity contribution in [2.24, 2.45) is 0 Å². The zero-order chi connectivity index (χ0) is 23.3. The summed E-state index contributed by atoms with van der Waals surface area (Å²) in [6, 6.07) is 33.6. The summed E-state index contributed by atoms with van der Waals surface area (Å²) in [4.78, 5) is 0. The second-order valence-corrected chi connectivity index (χ2v) is 9.10. The van der Waals surface area contributed by atoms with E-state index in [0.717, 1.165) is 11.5 Å². The van der Waals surface area contributed by atoms with Gasteiger partial charge in [0.25, 0.3) is 0 Å². The van der Waals surface area contributed by atoms with Crippen LogP contribution in [0.2, 0.25) is 0 Å². The third-order valence-electron chi connectivity index (χ3n) is 6.46. The molecule has 0 heterocycles. The van der Waals surface area contributed by atoms with Crippen molar-refractivity contribution < 1.29 is 9.47 Å². The molecule has 2 nitrogen and oxygen atoms in total. The van der Waals surface area contributed by atoms with E-state index in [1.807, 2.05) is 0 Å². The lowest BCUT2D eigenvalue weighted by atomic mass is 9.78. The molecule has 0 aliphatic carbocycles. The lowest BCUT2D eigenvalue weighted by Gasteiger charge is -2.26. The van der Waals surface area contributed by atoms with Crippen molar-refractivity contribution >= 4 is 0 Å². The summed E-state index contributed by atoms with van der Waals surface area (Å²) < 4.78 is 12.0. The molecule has 2 heteroatoms. The first kappa shape index (κ1) is 22.7. The largest absolute Gasteiger partial charge is 0.489 e. The number of rotatable bonds is 8. The van der Waals surface area contributed by atoms with Crippen LogP contribution in [0.15, 0.2) is 97.1 Å². The number of hydrogen-bond acceptors (Lipinski definition) is 2. The second-order valence-electron chi connectivity index (χ2n) is 9.10. The van der Waals surface area contributed by atoms with Crippen molar-refractivity contribution in [2.75, 3.05) is 0 Å². The molecular weight excluding hydrogens is 404 g/mol. The summed E-state index contributed by atoms with van der Waals surface area (Å²) in [6.45, 7) is 9.89. The van der Waals surface area contributed by atoms with E-state index < -0.39 is 0 Å². The molecule has 0 fully saturated rings. The number of aryl methyl sites for hydroxylation is 2. The number of ether oxygens (including phenoxy) is 2. The van der Waals surface area contributed by atoms with Gasteiger partial charge in [0.05, 0.1) is 0 Å². The maximum atomic E-state index is 6.02. The van der Waals surface area contributed by atoms with Crippen LogP contribution >= 0.6 is 0 Å². The molecule has 0 N–H and O–H groups in total. The summed E-state index contributed by atoms with van der Waals surface area (Å²) in [7, 11) is 0. The summed E-state index contributed by atoms with van der Waals surface area (Å²) in [5.74, 6) is 1.77. The SMILES string of the molecule is Cc1ccccc1COc1ccc(C(C)(C)c2ccc(OCc3ccccc3C)cc2)cc1. The standard InChI is InChI=1S/C31H32O2/c1-23-9-5-7-11-25(23)21-32-29-17-13-27(14-18-29)31(3,4)28-15-19-30(20-16-28)33-22-26-12-8-6-10-24(26)2/h5-20H,21-22H2,1-4H3. The van der Waals surface area contributed by atoms with E-state index in [-0.39, 0.29) is 5.41 Å². The molecule has 33 heavy (non-hydrogen) atoms. The Morgan fingerprint density at radius 3 is 1.24 bits per heavy atom. The fraction of sp³-hybridized carbons (Fsp3) is 0.226. The molecule has 0 bridgehead atoms. The Labute approximate surface area is 197 Å². The van der Waals surface area contributed by atoms with Crippen LogP contribution in [0, 0.1) is 13.8 Å². The van der Waals surface area contributed by atoms with Crippen LogP contribution in [0.25, 0.3) is 0 Å². The van der Waals surface area contributed by atoms with Gasteiger partial charge in [0.1, 0.15) is 24.7 Å². The Balaban J connectivity index is 1.40. The summed E-state index contributed by atoms with van der Waals surface area (Å²) >= 11 is 0. The zero-order valence-electron chi connectivity index (χ0n) is 20.0. The molecule has 0 atom stereocenters. The van der Waals surface area contributed by atoms with Crippen LogP contribution in [-0.4, -0.2) is 0 Å². The minimum Gasteiger partial charge on any atom is -0.489 e. The molecule has 0 amide bonds. The van der Waals surface area contributed by atoms with Gasteiger partial charge in [-0.15, -0.1) is 0 Å². The van der Waals surface area contributed by atoms with Gasteiger partial charge in [-0.05, 0) is 71.5 Å². The molecule has 0 saturated carbocycles. The van der Waals surface area contributed by atoms with Crippen molar-refractivity contribution in [3.8, 4) is 11.5 Å². The Hall–Kier alpha value is -3.52. The van der Waals surface area contributed by atoms with Gasteiger partial charge < -0.3 is 9.47 Å². The third kappa shape index (κ3) is 5.46. The van der Waals surface area contributed by atoms with Crippen LogP contribution in [0.3, 0.4) is 0 Å². The predicted molar refractivity (Wildman–Crippen MR) is 136 cm³/mol. The Morgan fingerprint density at radius 2 is 0.879 bits per heavy atom. The summed E-state index contributed by atoms with van der Waals surface area (Å²) in [5, 5.41) is 0.